The Hall–Kier alpha value is -3.13. The van der Waals surface area contributed by atoms with E-state index in [0.717, 1.165) is 29.2 Å². The molecule has 2 aliphatic rings. The summed E-state index contributed by atoms with van der Waals surface area (Å²) >= 11 is 0. The van der Waals surface area contributed by atoms with Gasteiger partial charge in [-0.2, -0.15) is 5.10 Å². The lowest BCUT2D eigenvalue weighted by atomic mass is 9.78. The van der Waals surface area contributed by atoms with Gasteiger partial charge in [-0.3, -0.25) is 4.79 Å². The Morgan fingerprint density at radius 2 is 2.00 bits per heavy atom. The summed E-state index contributed by atoms with van der Waals surface area (Å²) in [7, 11) is 4.72. The Bertz CT molecular complexity index is 1440. The SMILES string of the molecule is CCc1ccc(C2C(c3ccc(F)cc3F)=NN(c3ccc(C)cc3P)C2(C)C(=O)NCC2CN(C)CCO2)o1. The fraction of sp³-hybridized carbons (Fsp3) is 0.400. The Morgan fingerprint density at radius 1 is 1.20 bits per heavy atom. The highest BCUT2D eigenvalue weighted by atomic mass is 31.0. The molecular weight excluding hydrogens is 533 g/mol. The van der Waals surface area contributed by atoms with Gasteiger partial charge in [0, 0.05) is 37.7 Å². The number of carbonyl (C=O) groups excluding carboxylic acids is 1. The van der Waals surface area contributed by atoms with Crippen molar-refractivity contribution in [2.45, 2.75) is 44.8 Å². The first-order valence-corrected chi connectivity index (χ1v) is 14.1. The van der Waals surface area contributed by atoms with E-state index in [2.05, 4.69) is 19.5 Å². The molecule has 1 N–H and O–H groups in total. The van der Waals surface area contributed by atoms with E-state index in [1.165, 1.54) is 12.1 Å². The Labute approximate surface area is 235 Å². The molecule has 0 spiro atoms. The normalized spacial score (nSPS) is 23.4. The summed E-state index contributed by atoms with van der Waals surface area (Å²) in [5.74, 6) is -1.35. The van der Waals surface area contributed by atoms with E-state index in [4.69, 9.17) is 14.3 Å². The van der Waals surface area contributed by atoms with E-state index < -0.39 is 23.1 Å². The van der Waals surface area contributed by atoms with Crippen molar-refractivity contribution in [3.05, 3.63) is 82.8 Å². The third-order valence-electron chi connectivity index (χ3n) is 7.71. The molecule has 1 saturated heterocycles. The van der Waals surface area contributed by atoms with Gasteiger partial charge in [0.1, 0.15) is 23.2 Å². The molecule has 1 amide bonds. The van der Waals surface area contributed by atoms with E-state index in [9.17, 15) is 9.18 Å². The zero-order chi connectivity index (χ0) is 28.6. The van der Waals surface area contributed by atoms with Crippen LogP contribution in [0.3, 0.4) is 0 Å². The number of morpholine rings is 1. The second-order valence-corrected chi connectivity index (χ2v) is 11.3. The first-order valence-electron chi connectivity index (χ1n) is 13.5. The monoisotopic (exact) mass is 568 g/mol. The molecule has 0 bridgehead atoms. The van der Waals surface area contributed by atoms with Gasteiger partial charge in [-0.25, -0.2) is 13.8 Å². The molecule has 10 heteroatoms. The molecule has 3 aromatic rings. The van der Waals surface area contributed by atoms with Crippen molar-refractivity contribution in [2.24, 2.45) is 5.10 Å². The fourth-order valence-electron chi connectivity index (χ4n) is 5.49. The predicted octanol–water partition coefficient (Wildman–Crippen LogP) is 4.14. The Balaban J connectivity index is 1.64. The molecule has 0 saturated carbocycles. The molecule has 1 fully saturated rings. The van der Waals surface area contributed by atoms with Gasteiger partial charge in [0.25, 0.3) is 0 Å². The number of amides is 1. The second-order valence-electron chi connectivity index (χ2n) is 10.7. The van der Waals surface area contributed by atoms with Crippen LogP contribution in [-0.2, 0) is 16.0 Å². The number of nitrogens with zero attached hydrogens (tertiary/aromatic N) is 3. The largest absolute Gasteiger partial charge is 0.465 e. The maximum atomic E-state index is 15.3. The van der Waals surface area contributed by atoms with E-state index in [1.54, 1.807) is 11.9 Å². The van der Waals surface area contributed by atoms with Crippen LogP contribution < -0.4 is 15.6 Å². The standard InChI is InChI=1S/C30H35F2N4O3P/c1-5-20-8-11-25(39-20)27-28(22-9-7-19(31)15-23(22)32)34-36(24-10-6-18(2)14-26(24)40)30(27,3)29(37)33-16-21-17-35(4)12-13-38-21/h6-11,14-15,21,27H,5,12-13,16-17,40H2,1-4H3,(H,33,37). The lowest BCUT2D eigenvalue weighted by Gasteiger charge is -2.38. The minimum atomic E-state index is -1.36. The fourth-order valence-corrected chi connectivity index (χ4v) is 5.97. The lowest BCUT2D eigenvalue weighted by Crippen LogP contribution is -2.59. The zero-order valence-corrected chi connectivity index (χ0v) is 24.4. The molecule has 3 heterocycles. The third kappa shape index (κ3) is 5.30. The summed E-state index contributed by atoms with van der Waals surface area (Å²) in [5.41, 5.74) is 0.747. The van der Waals surface area contributed by atoms with Crippen molar-refractivity contribution in [3.8, 4) is 0 Å². The number of benzene rings is 2. The van der Waals surface area contributed by atoms with Crippen molar-refractivity contribution in [2.75, 3.05) is 38.3 Å². The number of hydrogen-bond donors (Lipinski definition) is 1. The molecule has 7 nitrogen and oxygen atoms in total. The number of halogens is 2. The Morgan fingerprint density at radius 3 is 2.67 bits per heavy atom. The van der Waals surface area contributed by atoms with Crippen molar-refractivity contribution in [1.29, 1.82) is 0 Å². The van der Waals surface area contributed by atoms with E-state index in [0.29, 0.717) is 37.6 Å². The summed E-state index contributed by atoms with van der Waals surface area (Å²) in [5, 5.41) is 10.5. The number of nitrogens with one attached hydrogen (secondary N) is 1. The highest BCUT2D eigenvalue weighted by Crippen LogP contribution is 2.45. The second kappa shape index (κ2) is 11.4. The molecule has 0 aliphatic carbocycles. The average molecular weight is 569 g/mol. The quantitative estimate of drug-likeness (QED) is 0.434. The van der Waals surface area contributed by atoms with Crippen molar-refractivity contribution in [1.82, 2.24) is 10.2 Å². The lowest BCUT2D eigenvalue weighted by molar-refractivity contribution is -0.127. The molecule has 0 radical (unpaired) electrons. The number of hydrogen-bond acceptors (Lipinski definition) is 6. The predicted molar refractivity (Wildman–Crippen MR) is 155 cm³/mol. The summed E-state index contributed by atoms with van der Waals surface area (Å²) in [6, 6.07) is 12.9. The zero-order valence-electron chi connectivity index (χ0n) is 23.2. The maximum Gasteiger partial charge on any atom is 0.249 e. The third-order valence-corrected chi connectivity index (χ3v) is 8.17. The first kappa shape index (κ1) is 28.4. The minimum Gasteiger partial charge on any atom is -0.465 e. The van der Waals surface area contributed by atoms with E-state index in [-0.39, 0.29) is 23.3 Å². The summed E-state index contributed by atoms with van der Waals surface area (Å²) in [4.78, 5) is 16.5. The van der Waals surface area contributed by atoms with E-state index in [1.807, 2.05) is 51.2 Å². The molecular formula is C30H35F2N4O3P. The van der Waals surface area contributed by atoms with Crippen LogP contribution in [0.2, 0.25) is 0 Å². The van der Waals surface area contributed by atoms with Gasteiger partial charge in [0.05, 0.1) is 30.0 Å². The maximum absolute atomic E-state index is 15.3. The van der Waals surface area contributed by atoms with Crippen LogP contribution >= 0.6 is 9.24 Å². The van der Waals surface area contributed by atoms with Crippen molar-refractivity contribution < 1.29 is 22.7 Å². The molecule has 212 valence electrons. The number of carbonyl (C=O) groups is 1. The summed E-state index contributed by atoms with van der Waals surface area (Å²) < 4.78 is 41.3. The number of likely N-dealkylation sites (N-methyl/N-ethyl adjacent to an activating group) is 1. The van der Waals surface area contributed by atoms with Crippen LogP contribution in [0, 0.1) is 18.6 Å². The smallest absolute Gasteiger partial charge is 0.249 e. The molecule has 4 unspecified atom stereocenters. The topological polar surface area (TPSA) is 70.3 Å². The van der Waals surface area contributed by atoms with Crippen molar-refractivity contribution >= 4 is 31.9 Å². The van der Waals surface area contributed by atoms with Crippen LogP contribution in [-0.4, -0.2) is 61.5 Å². The molecule has 5 rings (SSSR count). The van der Waals surface area contributed by atoms with Gasteiger partial charge in [-0.15, -0.1) is 9.24 Å². The molecule has 4 atom stereocenters. The number of aryl methyl sites for hydroxylation is 2. The summed E-state index contributed by atoms with van der Waals surface area (Å²) in [6.45, 7) is 8.16. The van der Waals surface area contributed by atoms with Gasteiger partial charge in [-0.1, -0.05) is 18.6 Å². The van der Waals surface area contributed by atoms with Crippen LogP contribution in [0.1, 0.15) is 42.4 Å². The van der Waals surface area contributed by atoms with Crippen LogP contribution in [0.5, 0.6) is 0 Å². The molecule has 1 aromatic heterocycles. The van der Waals surface area contributed by atoms with Gasteiger partial charge in [0.15, 0.2) is 5.54 Å². The minimum absolute atomic E-state index is 0.108. The molecule has 40 heavy (non-hydrogen) atoms. The molecule has 2 aliphatic heterocycles. The van der Waals surface area contributed by atoms with Crippen molar-refractivity contribution in [3.63, 3.8) is 0 Å². The van der Waals surface area contributed by atoms with Gasteiger partial charge in [-0.05, 0) is 62.6 Å². The van der Waals surface area contributed by atoms with Crippen LogP contribution in [0.4, 0.5) is 14.5 Å². The van der Waals surface area contributed by atoms with Gasteiger partial charge < -0.3 is 19.4 Å². The number of anilines is 1. The number of furan rings is 1. The van der Waals surface area contributed by atoms with Crippen LogP contribution in [0.15, 0.2) is 58.0 Å². The Kier molecular flexibility index (Phi) is 8.09. The van der Waals surface area contributed by atoms with Gasteiger partial charge >= 0.3 is 0 Å². The van der Waals surface area contributed by atoms with E-state index >= 15 is 4.39 Å². The number of ether oxygens (including phenoxy) is 1. The highest BCUT2D eigenvalue weighted by molar-refractivity contribution is 7.28. The number of rotatable bonds is 7. The van der Waals surface area contributed by atoms with Crippen LogP contribution in [0.25, 0.3) is 0 Å². The van der Waals surface area contributed by atoms with Gasteiger partial charge in [0.2, 0.25) is 5.91 Å². The summed E-state index contributed by atoms with van der Waals surface area (Å²) in [6.07, 6.45) is 0.485. The average Bonchev–Trinajstić information content (AvgIpc) is 3.50. The molecule has 2 aromatic carbocycles. The highest BCUT2D eigenvalue weighted by Gasteiger charge is 2.56. The number of hydrazone groups is 1. The first-order chi connectivity index (χ1) is 19.1.